The Kier molecular flexibility index (Phi) is 7.72. The number of hydrogen-bond donors (Lipinski definition) is 1. The third-order valence-electron chi connectivity index (χ3n) is 3.16. The van der Waals surface area contributed by atoms with Crippen molar-refractivity contribution in [2.24, 2.45) is 0 Å². The SMILES string of the molecule is CCC/C=C(\C)CC/C=C(\C)CNc1ccccc1. The molecular weight excluding hydrogens is 230 g/mol. The van der Waals surface area contributed by atoms with E-state index in [1.165, 1.54) is 36.1 Å². The minimum atomic E-state index is 0.932. The summed E-state index contributed by atoms with van der Waals surface area (Å²) in [5.74, 6) is 0. The van der Waals surface area contributed by atoms with Gasteiger partial charge in [-0.15, -0.1) is 0 Å². The molecule has 0 aliphatic heterocycles. The summed E-state index contributed by atoms with van der Waals surface area (Å²) in [6.07, 6.45) is 9.50. The normalized spacial score (nSPS) is 12.6. The molecule has 1 nitrogen and oxygen atoms in total. The van der Waals surface area contributed by atoms with Crippen molar-refractivity contribution in [1.29, 1.82) is 0 Å². The highest BCUT2D eigenvalue weighted by Gasteiger charge is 1.93. The molecule has 1 aromatic carbocycles. The van der Waals surface area contributed by atoms with Gasteiger partial charge < -0.3 is 5.32 Å². The molecule has 0 bridgehead atoms. The Morgan fingerprint density at radius 1 is 1.00 bits per heavy atom. The van der Waals surface area contributed by atoms with Gasteiger partial charge >= 0.3 is 0 Å². The van der Waals surface area contributed by atoms with Crippen LogP contribution in [-0.4, -0.2) is 6.54 Å². The van der Waals surface area contributed by atoms with E-state index in [9.17, 15) is 0 Å². The predicted octanol–water partition coefficient (Wildman–Crippen LogP) is 5.57. The van der Waals surface area contributed by atoms with Crippen LogP contribution >= 0.6 is 0 Å². The van der Waals surface area contributed by atoms with Gasteiger partial charge in [0.25, 0.3) is 0 Å². The van der Waals surface area contributed by atoms with Crippen molar-refractivity contribution in [1.82, 2.24) is 0 Å². The summed E-state index contributed by atoms with van der Waals surface area (Å²) in [4.78, 5) is 0. The second-order valence-corrected chi connectivity index (χ2v) is 5.15. The summed E-state index contributed by atoms with van der Waals surface area (Å²) in [5.41, 5.74) is 4.11. The van der Waals surface area contributed by atoms with Crippen LogP contribution in [0, 0.1) is 0 Å². The van der Waals surface area contributed by atoms with Gasteiger partial charge in [-0.25, -0.2) is 0 Å². The van der Waals surface area contributed by atoms with Gasteiger partial charge in [0.15, 0.2) is 0 Å². The molecule has 0 heterocycles. The second-order valence-electron chi connectivity index (χ2n) is 5.15. The third kappa shape index (κ3) is 7.50. The average Bonchev–Trinajstić information content (AvgIpc) is 2.44. The molecule has 0 fully saturated rings. The second kappa shape index (κ2) is 9.43. The zero-order valence-electron chi connectivity index (χ0n) is 12.6. The summed E-state index contributed by atoms with van der Waals surface area (Å²) in [5, 5.41) is 3.43. The van der Waals surface area contributed by atoms with Crippen LogP contribution in [0.1, 0.15) is 46.5 Å². The minimum absolute atomic E-state index is 0.932. The quantitative estimate of drug-likeness (QED) is 0.600. The van der Waals surface area contributed by atoms with Crippen LogP contribution in [-0.2, 0) is 0 Å². The number of unbranched alkanes of at least 4 members (excludes halogenated alkanes) is 1. The van der Waals surface area contributed by atoms with Gasteiger partial charge in [-0.05, 0) is 45.2 Å². The Morgan fingerprint density at radius 2 is 1.68 bits per heavy atom. The molecule has 19 heavy (non-hydrogen) atoms. The van der Waals surface area contributed by atoms with Crippen molar-refractivity contribution in [2.45, 2.75) is 46.5 Å². The van der Waals surface area contributed by atoms with E-state index in [1.54, 1.807) is 0 Å². The molecule has 0 radical (unpaired) electrons. The van der Waals surface area contributed by atoms with Gasteiger partial charge in [0.05, 0.1) is 0 Å². The molecule has 0 unspecified atom stereocenters. The van der Waals surface area contributed by atoms with Gasteiger partial charge in [-0.3, -0.25) is 0 Å². The van der Waals surface area contributed by atoms with E-state index in [4.69, 9.17) is 0 Å². The monoisotopic (exact) mass is 257 g/mol. The summed E-state index contributed by atoms with van der Waals surface area (Å²) in [7, 11) is 0. The Hall–Kier alpha value is -1.50. The molecule has 0 spiro atoms. The van der Waals surface area contributed by atoms with E-state index < -0.39 is 0 Å². The Bertz CT molecular complexity index is 401. The van der Waals surface area contributed by atoms with Crippen LogP contribution in [0.2, 0.25) is 0 Å². The third-order valence-corrected chi connectivity index (χ3v) is 3.16. The minimum Gasteiger partial charge on any atom is -0.381 e. The highest BCUT2D eigenvalue weighted by atomic mass is 14.9. The molecular formula is C18H27N. The number of hydrogen-bond acceptors (Lipinski definition) is 1. The summed E-state index contributed by atoms with van der Waals surface area (Å²) < 4.78 is 0. The molecule has 0 aliphatic rings. The maximum atomic E-state index is 3.43. The van der Waals surface area contributed by atoms with E-state index in [-0.39, 0.29) is 0 Å². The van der Waals surface area contributed by atoms with E-state index >= 15 is 0 Å². The first-order valence-electron chi connectivity index (χ1n) is 7.32. The molecule has 0 aliphatic carbocycles. The number of rotatable bonds is 8. The lowest BCUT2D eigenvalue weighted by molar-refractivity contribution is 0.907. The molecule has 1 N–H and O–H groups in total. The fourth-order valence-corrected chi connectivity index (χ4v) is 1.91. The first-order chi connectivity index (χ1) is 9.22. The van der Waals surface area contributed by atoms with Crippen molar-refractivity contribution < 1.29 is 0 Å². The van der Waals surface area contributed by atoms with Gasteiger partial charge in [0.2, 0.25) is 0 Å². The van der Waals surface area contributed by atoms with Crippen LogP contribution < -0.4 is 5.32 Å². The Labute approximate surface area is 118 Å². The fourth-order valence-electron chi connectivity index (χ4n) is 1.91. The Morgan fingerprint density at radius 3 is 2.37 bits per heavy atom. The topological polar surface area (TPSA) is 12.0 Å². The van der Waals surface area contributed by atoms with Crippen molar-refractivity contribution in [2.75, 3.05) is 11.9 Å². The van der Waals surface area contributed by atoms with E-state index in [0.717, 1.165) is 13.0 Å². The molecule has 0 amide bonds. The standard InChI is InChI=1S/C18H27N/c1-4-5-10-16(2)11-9-12-17(3)15-19-18-13-7-6-8-14-18/h6-8,10,12-14,19H,4-5,9,11,15H2,1-3H3/b16-10+,17-12+. The number of allylic oxidation sites excluding steroid dienone is 3. The average molecular weight is 257 g/mol. The lowest BCUT2D eigenvalue weighted by atomic mass is 10.1. The molecule has 0 saturated carbocycles. The highest BCUT2D eigenvalue weighted by Crippen LogP contribution is 2.10. The van der Waals surface area contributed by atoms with Crippen LogP contribution in [0.15, 0.2) is 53.6 Å². The number of para-hydroxylation sites is 1. The smallest absolute Gasteiger partial charge is 0.0357 e. The van der Waals surface area contributed by atoms with E-state index in [0.29, 0.717) is 0 Å². The summed E-state index contributed by atoms with van der Waals surface area (Å²) in [6, 6.07) is 10.4. The lowest BCUT2D eigenvalue weighted by Gasteiger charge is -2.06. The van der Waals surface area contributed by atoms with E-state index in [2.05, 4.69) is 62.5 Å². The molecule has 1 rings (SSSR count). The summed E-state index contributed by atoms with van der Waals surface area (Å²) >= 11 is 0. The largest absolute Gasteiger partial charge is 0.381 e. The number of benzene rings is 1. The molecule has 0 atom stereocenters. The zero-order chi connectivity index (χ0) is 13.9. The molecule has 0 aromatic heterocycles. The van der Waals surface area contributed by atoms with Gasteiger partial charge in [-0.1, -0.05) is 54.8 Å². The van der Waals surface area contributed by atoms with Crippen molar-refractivity contribution in [3.8, 4) is 0 Å². The molecule has 0 saturated heterocycles. The van der Waals surface area contributed by atoms with Crippen LogP contribution in [0.4, 0.5) is 5.69 Å². The van der Waals surface area contributed by atoms with Crippen molar-refractivity contribution in [3.63, 3.8) is 0 Å². The number of anilines is 1. The predicted molar refractivity (Wildman–Crippen MR) is 86.6 cm³/mol. The van der Waals surface area contributed by atoms with Crippen LogP contribution in [0.25, 0.3) is 0 Å². The highest BCUT2D eigenvalue weighted by molar-refractivity contribution is 5.43. The Balaban J connectivity index is 2.26. The lowest BCUT2D eigenvalue weighted by Crippen LogP contribution is -2.02. The maximum Gasteiger partial charge on any atom is 0.0357 e. The fraction of sp³-hybridized carbons (Fsp3) is 0.444. The van der Waals surface area contributed by atoms with Crippen molar-refractivity contribution in [3.05, 3.63) is 53.6 Å². The van der Waals surface area contributed by atoms with Crippen LogP contribution in [0.3, 0.4) is 0 Å². The zero-order valence-corrected chi connectivity index (χ0v) is 12.6. The van der Waals surface area contributed by atoms with Crippen LogP contribution in [0.5, 0.6) is 0 Å². The van der Waals surface area contributed by atoms with Gasteiger partial charge in [0, 0.05) is 12.2 Å². The molecule has 104 valence electrons. The molecule has 1 heteroatoms. The maximum absolute atomic E-state index is 3.43. The molecule has 1 aromatic rings. The first kappa shape index (κ1) is 15.6. The van der Waals surface area contributed by atoms with Gasteiger partial charge in [-0.2, -0.15) is 0 Å². The number of nitrogens with one attached hydrogen (secondary N) is 1. The first-order valence-corrected chi connectivity index (χ1v) is 7.32. The van der Waals surface area contributed by atoms with Crippen molar-refractivity contribution >= 4 is 5.69 Å². The van der Waals surface area contributed by atoms with Gasteiger partial charge in [0.1, 0.15) is 0 Å². The van der Waals surface area contributed by atoms with E-state index in [1.807, 2.05) is 6.07 Å². The summed E-state index contributed by atoms with van der Waals surface area (Å²) in [6.45, 7) is 7.59.